The lowest BCUT2D eigenvalue weighted by Gasteiger charge is -2.29. The molecule has 0 aromatic heterocycles. The smallest absolute Gasteiger partial charge is 0.295 e. The SMILES string of the molecule is COc1ccc(/C(O)=C2\C(=O)C(=O)N(CCCN3CCOCC3)[C@H]2c2cccc(F)c2)cc1. The second-order valence-electron chi connectivity index (χ2n) is 8.08. The van der Waals surface area contributed by atoms with Gasteiger partial charge in [0, 0.05) is 31.7 Å². The third kappa shape index (κ3) is 4.91. The minimum absolute atomic E-state index is 0.0397. The van der Waals surface area contributed by atoms with Crippen LogP contribution < -0.4 is 4.74 Å². The van der Waals surface area contributed by atoms with E-state index in [1.54, 1.807) is 30.3 Å². The van der Waals surface area contributed by atoms with Crippen molar-refractivity contribution in [1.29, 1.82) is 0 Å². The molecule has 2 aliphatic heterocycles. The van der Waals surface area contributed by atoms with E-state index in [1.807, 2.05) is 0 Å². The highest BCUT2D eigenvalue weighted by Gasteiger charge is 2.45. The van der Waals surface area contributed by atoms with E-state index in [9.17, 15) is 19.1 Å². The van der Waals surface area contributed by atoms with Crippen LogP contribution in [0.1, 0.15) is 23.6 Å². The van der Waals surface area contributed by atoms with Crippen LogP contribution in [0.3, 0.4) is 0 Å². The summed E-state index contributed by atoms with van der Waals surface area (Å²) in [5.74, 6) is -1.64. The quantitative estimate of drug-likeness (QED) is 0.394. The van der Waals surface area contributed by atoms with Crippen LogP contribution in [-0.2, 0) is 14.3 Å². The van der Waals surface area contributed by atoms with E-state index in [1.165, 1.54) is 30.2 Å². The number of halogens is 1. The van der Waals surface area contributed by atoms with Crippen molar-refractivity contribution in [2.24, 2.45) is 0 Å². The van der Waals surface area contributed by atoms with Crippen LogP contribution in [0.4, 0.5) is 4.39 Å². The number of amides is 1. The first kappa shape index (κ1) is 22.9. The van der Waals surface area contributed by atoms with Crippen LogP contribution in [0.25, 0.3) is 5.76 Å². The first-order valence-electron chi connectivity index (χ1n) is 11.0. The van der Waals surface area contributed by atoms with Gasteiger partial charge >= 0.3 is 0 Å². The maximum Gasteiger partial charge on any atom is 0.295 e. The van der Waals surface area contributed by atoms with Gasteiger partial charge in [0.15, 0.2) is 0 Å². The molecule has 2 aromatic carbocycles. The molecule has 0 saturated carbocycles. The van der Waals surface area contributed by atoms with Gasteiger partial charge in [-0.15, -0.1) is 0 Å². The van der Waals surface area contributed by atoms with E-state index in [2.05, 4.69) is 4.90 Å². The maximum atomic E-state index is 14.1. The highest BCUT2D eigenvalue weighted by atomic mass is 19.1. The summed E-state index contributed by atoms with van der Waals surface area (Å²) in [6.07, 6.45) is 0.640. The van der Waals surface area contributed by atoms with Crippen molar-refractivity contribution in [2.75, 3.05) is 46.5 Å². The molecule has 0 bridgehead atoms. The number of aliphatic hydroxyl groups is 1. The van der Waals surface area contributed by atoms with Gasteiger partial charge in [0.2, 0.25) is 0 Å². The van der Waals surface area contributed by atoms with Crippen LogP contribution >= 0.6 is 0 Å². The van der Waals surface area contributed by atoms with Crippen LogP contribution in [-0.4, -0.2) is 73.1 Å². The van der Waals surface area contributed by atoms with E-state index in [0.29, 0.717) is 43.1 Å². The van der Waals surface area contributed by atoms with Crippen LogP contribution in [0.15, 0.2) is 54.1 Å². The Hall–Kier alpha value is -3.23. The highest BCUT2D eigenvalue weighted by Crippen LogP contribution is 2.39. The van der Waals surface area contributed by atoms with Crippen molar-refractivity contribution in [1.82, 2.24) is 9.80 Å². The second kappa shape index (κ2) is 10.1. The monoisotopic (exact) mass is 454 g/mol. The van der Waals surface area contributed by atoms with E-state index in [0.717, 1.165) is 19.6 Å². The Balaban J connectivity index is 1.66. The number of hydrogen-bond donors (Lipinski definition) is 1. The molecule has 33 heavy (non-hydrogen) atoms. The van der Waals surface area contributed by atoms with E-state index in [-0.39, 0.29) is 11.3 Å². The van der Waals surface area contributed by atoms with Crippen LogP contribution in [0.2, 0.25) is 0 Å². The van der Waals surface area contributed by atoms with Gasteiger partial charge in [-0.05, 0) is 48.4 Å². The van der Waals surface area contributed by atoms with Gasteiger partial charge in [0.1, 0.15) is 17.3 Å². The minimum Gasteiger partial charge on any atom is -0.507 e. The summed E-state index contributed by atoms with van der Waals surface area (Å²) in [6.45, 7) is 4.06. The molecule has 7 nitrogen and oxygen atoms in total. The molecule has 0 unspecified atom stereocenters. The molecule has 2 aromatic rings. The Bertz CT molecular complexity index is 1050. The Morgan fingerprint density at radius 2 is 1.85 bits per heavy atom. The van der Waals surface area contributed by atoms with Crippen molar-refractivity contribution < 1.29 is 28.6 Å². The van der Waals surface area contributed by atoms with Gasteiger partial charge in [-0.3, -0.25) is 14.5 Å². The average Bonchev–Trinajstić information content (AvgIpc) is 3.09. The molecule has 2 heterocycles. The zero-order valence-corrected chi connectivity index (χ0v) is 18.5. The number of ether oxygens (including phenoxy) is 2. The number of carbonyl (C=O) groups is 2. The number of benzene rings is 2. The number of Topliss-reactive ketones (excluding diaryl/α,β-unsaturated/α-hetero) is 1. The summed E-state index contributed by atoms with van der Waals surface area (Å²) in [7, 11) is 1.53. The number of hydrogen-bond acceptors (Lipinski definition) is 6. The largest absolute Gasteiger partial charge is 0.507 e. The number of nitrogens with zero attached hydrogens (tertiary/aromatic N) is 2. The van der Waals surface area contributed by atoms with Gasteiger partial charge in [-0.1, -0.05) is 12.1 Å². The second-order valence-corrected chi connectivity index (χ2v) is 8.08. The minimum atomic E-state index is -0.868. The fraction of sp³-hybridized carbons (Fsp3) is 0.360. The van der Waals surface area contributed by atoms with E-state index in [4.69, 9.17) is 9.47 Å². The van der Waals surface area contributed by atoms with Crippen LogP contribution in [0, 0.1) is 5.82 Å². The van der Waals surface area contributed by atoms with Gasteiger partial charge in [0.25, 0.3) is 11.7 Å². The zero-order chi connectivity index (χ0) is 23.4. The zero-order valence-electron chi connectivity index (χ0n) is 18.5. The molecule has 1 atom stereocenters. The number of morpholine rings is 1. The number of ketones is 1. The number of aliphatic hydroxyl groups excluding tert-OH is 1. The number of likely N-dealkylation sites (tertiary alicyclic amines) is 1. The van der Waals surface area contributed by atoms with Crippen molar-refractivity contribution in [3.8, 4) is 5.75 Å². The summed E-state index contributed by atoms with van der Waals surface area (Å²) in [4.78, 5) is 29.7. The summed E-state index contributed by atoms with van der Waals surface area (Å²) >= 11 is 0. The molecule has 0 spiro atoms. The molecule has 0 radical (unpaired) electrons. The molecule has 174 valence electrons. The maximum absolute atomic E-state index is 14.1. The Morgan fingerprint density at radius 1 is 1.12 bits per heavy atom. The molecule has 8 heteroatoms. The first-order valence-corrected chi connectivity index (χ1v) is 11.0. The lowest BCUT2D eigenvalue weighted by Crippen LogP contribution is -2.39. The van der Waals surface area contributed by atoms with Gasteiger partial charge < -0.3 is 19.5 Å². The normalized spacial score (nSPS) is 20.9. The van der Waals surface area contributed by atoms with Gasteiger partial charge in [-0.25, -0.2) is 4.39 Å². The predicted molar refractivity (Wildman–Crippen MR) is 120 cm³/mol. The molecule has 4 rings (SSSR count). The molecule has 2 aliphatic rings. The highest BCUT2D eigenvalue weighted by molar-refractivity contribution is 6.46. The lowest BCUT2D eigenvalue weighted by atomic mass is 9.95. The van der Waals surface area contributed by atoms with Gasteiger partial charge in [-0.2, -0.15) is 0 Å². The Kier molecular flexibility index (Phi) is 7.05. The number of methoxy groups -OCH3 is 1. The van der Waals surface area contributed by atoms with E-state index >= 15 is 0 Å². The number of carbonyl (C=O) groups excluding carboxylic acids is 2. The fourth-order valence-electron chi connectivity index (χ4n) is 4.33. The molecule has 2 saturated heterocycles. The molecular weight excluding hydrogens is 427 g/mol. The summed E-state index contributed by atoms with van der Waals surface area (Å²) in [6, 6.07) is 11.5. The Morgan fingerprint density at radius 3 is 2.52 bits per heavy atom. The first-order chi connectivity index (χ1) is 16.0. The Labute approximate surface area is 192 Å². The lowest BCUT2D eigenvalue weighted by molar-refractivity contribution is -0.140. The molecule has 1 N–H and O–H groups in total. The summed E-state index contributed by atoms with van der Waals surface area (Å²) in [5, 5.41) is 11.0. The summed E-state index contributed by atoms with van der Waals surface area (Å²) < 4.78 is 24.6. The number of rotatable bonds is 7. The van der Waals surface area contributed by atoms with Gasteiger partial charge in [0.05, 0.1) is 31.9 Å². The van der Waals surface area contributed by atoms with Crippen LogP contribution in [0.5, 0.6) is 5.75 Å². The molecule has 0 aliphatic carbocycles. The van der Waals surface area contributed by atoms with Crippen molar-refractivity contribution in [2.45, 2.75) is 12.5 Å². The predicted octanol–water partition coefficient (Wildman–Crippen LogP) is 2.98. The third-order valence-electron chi connectivity index (χ3n) is 6.04. The van der Waals surface area contributed by atoms with E-state index < -0.39 is 23.5 Å². The van der Waals surface area contributed by atoms with Crippen molar-refractivity contribution in [3.05, 3.63) is 71.0 Å². The third-order valence-corrected chi connectivity index (χ3v) is 6.04. The standard InChI is InChI=1S/C25H27FN2O5/c1-32-20-8-6-17(7-9-20)23(29)21-22(18-4-2-5-19(26)16-18)28(25(31)24(21)30)11-3-10-27-12-14-33-15-13-27/h2,4-9,16,22,29H,3,10-15H2,1H3/b23-21+/t22-/m0/s1. The topological polar surface area (TPSA) is 79.3 Å². The van der Waals surface area contributed by atoms with Crippen molar-refractivity contribution >= 4 is 17.4 Å². The summed E-state index contributed by atoms with van der Waals surface area (Å²) in [5.41, 5.74) is 0.779. The fourth-order valence-corrected chi connectivity index (χ4v) is 4.33. The van der Waals surface area contributed by atoms with Crippen molar-refractivity contribution in [3.63, 3.8) is 0 Å². The molecular formula is C25H27FN2O5. The average molecular weight is 454 g/mol. The molecule has 2 fully saturated rings. The molecule has 1 amide bonds.